The second kappa shape index (κ2) is 5.85. The maximum absolute atomic E-state index is 12.0. The lowest BCUT2D eigenvalue weighted by molar-refractivity contribution is -0.0577. The van der Waals surface area contributed by atoms with Gasteiger partial charge in [0, 0.05) is 7.05 Å². The molecular weight excluding hydrogens is 199 g/mol. The molecule has 0 unspecified atom stereocenters. The maximum atomic E-state index is 12.0. The fourth-order valence-electron chi connectivity index (χ4n) is 0.566. The van der Waals surface area contributed by atoms with Crippen LogP contribution in [-0.2, 0) is 0 Å². The first-order valence-electron chi connectivity index (χ1n) is 3.42. The summed E-state index contributed by atoms with van der Waals surface area (Å²) in [6, 6.07) is 0. The third-order valence-electron chi connectivity index (χ3n) is 1.11. The lowest BCUT2D eigenvalue weighted by Crippen LogP contribution is -2.20. The molecule has 0 saturated carbocycles. The van der Waals surface area contributed by atoms with E-state index in [1.165, 1.54) is 23.9 Å². The predicted molar refractivity (Wildman–Crippen MR) is 51.2 cm³/mol. The number of rotatable bonds is 3. The molecule has 0 heterocycles. The Kier molecular flexibility index (Phi) is 5.53. The highest BCUT2D eigenvalue weighted by atomic mass is 32.2. The molecule has 0 N–H and O–H groups in total. The minimum absolute atomic E-state index is 0.877. The summed E-state index contributed by atoms with van der Waals surface area (Å²) in [6.45, 7) is 0. The molecule has 0 aliphatic rings. The topological polar surface area (TPSA) is 12.4 Å². The van der Waals surface area contributed by atoms with Gasteiger partial charge in [0.15, 0.2) is 0 Å². The van der Waals surface area contributed by atoms with Gasteiger partial charge in [-0.05, 0) is 17.7 Å². The van der Waals surface area contributed by atoms with Crippen LogP contribution in [0.15, 0.2) is 28.6 Å². The third-order valence-corrected chi connectivity index (χ3v) is 1.54. The SMILES string of the molecule is C\N=C(/C=C\C=C\SC)C(F)(F)F. The van der Waals surface area contributed by atoms with Crippen LogP contribution in [0, 0.1) is 0 Å². The molecular formula is C8H10F3NS. The van der Waals surface area contributed by atoms with Gasteiger partial charge in [-0.1, -0.05) is 12.2 Å². The van der Waals surface area contributed by atoms with Crippen LogP contribution in [0.5, 0.6) is 0 Å². The van der Waals surface area contributed by atoms with Crippen LogP contribution in [0.4, 0.5) is 13.2 Å². The highest BCUT2D eigenvalue weighted by Crippen LogP contribution is 2.17. The van der Waals surface area contributed by atoms with Crippen LogP contribution in [0.3, 0.4) is 0 Å². The van der Waals surface area contributed by atoms with Crippen LogP contribution < -0.4 is 0 Å². The fraction of sp³-hybridized carbons (Fsp3) is 0.375. The normalized spacial score (nSPS) is 14.7. The molecule has 74 valence electrons. The number of nitrogens with zero attached hydrogens (tertiary/aromatic N) is 1. The number of hydrogen-bond donors (Lipinski definition) is 0. The molecule has 0 spiro atoms. The third kappa shape index (κ3) is 5.52. The zero-order valence-electron chi connectivity index (χ0n) is 7.30. The van der Waals surface area contributed by atoms with Crippen molar-refractivity contribution < 1.29 is 13.2 Å². The Bertz CT molecular complexity index is 228. The van der Waals surface area contributed by atoms with E-state index in [4.69, 9.17) is 0 Å². The Labute approximate surface area is 79.4 Å². The molecule has 0 atom stereocenters. The van der Waals surface area contributed by atoms with E-state index in [1.807, 2.05) is 6.26 Å². The standard InChI is InChI=1S/C8H10F3NS/c1-12-7(8(9,10)11)5-3-4-6-13-2/h3-6H,1-2H3/b5-3-,6-4+,12-7+. The van der Waals surface area contributed by atoms with Crippen molar-refractivity contribution in [2.24, 2.45) is 4.99 Å². The lowest BCUT2D eigenvalue weighted by atomic mass is 10.3. The van der Waals surface area contributed by atoms with Crippen LogP contribution in [0.1, 0.15) is 0 Å². The van der Waals surface area contributed by atoms with Gasteiger partial charge in [-0.25, -0.2) is 0 Å². The van der Waals surface area contributed by atoms with Gasteiger partial charge in [-0.3, -0.25) is 4.99 Å². The number of allylic oxidation sites excluding steroid dienone is 3. The fourth-order valence-corrected chi connectivity index (χ4v) is 0.814. The summed E-state index contributed by atoms with van der Waals surface area (Å²) >= 11 is 1.42. The highest BCUT2D eigenvalue weighted by Gasteiger charge is 2.32. The molecule has 5 heteroatoms. The Balaban J connectivity index is 4.32. The zero-order chi connectivity index (χ0) is 10.3. The molecule has 13 heavy (non-hydrogen) atoms. The van der Waals surface area contributed by atoms with Gasteiger partial charge >= 0.3 is 6.18 Å². The van der Waals surface area contributed by atoms with Crippen molar-refractivity contribution in [1.29, 1.82) is 0 Å². The monoisotopic (exact) mass is 209 g/mol. The Morgan fingerprint density at radius 2 is 1.92 bits per heavy atom. The molecule has 0 aliphatic heterocycles. The molecule has 0 rings (SSSR count). The average Bonchev–Trinajstić information content (AvgIpc) is 2.02. The van der Waals surface area contributed by atoms with Crippen LogP contribution in [0.2, 0.25) is 0 Å². The van der Waals surface area contributed by atoms with Gasteiger partial charge in [0.2, 0.25) is 0 Å². The number of aliphatic imine (C=N–C) groups is 1. The quantitative estimate of drug-likeness (QED) is 0.514. The molecule has 0 radical (unpaired) electrons. The second-order valence-corrected chi connectivity index (χ2v) is 2.77. The van der Waals surface area contributed by atoms with Crippen LogP contribution in [0.25, 0.3) is 0 Å². The van der Waals surface area contributed by atoms with E-state index in [2.05, 4.69) is 4.99 Å². The van der Waals surface area contributed by atoms with E-state index < -0.39 is 11.9 Å². The van der Waals surface area contributed by atoms with Crippen molar-refractivity contribution >= 4 is 17.5 Å². The van der Waals surface area contributed by atoms with Gasteiger partial charge in [-0.15, -0.1) is 11.8 Å². The summed E-state index contributed by atoms with van der Waals surface area (Å²) in [6.07, 6.45) is 1.24. The van der Waals surface area contributed by atoms with E-state index in [0.717, 1.165) is 13.1 Å². The minimum Gasteiger partial charge on any atom is -0.284 e. The van der Waals surface area contributed by atoms with Crippen molar-refractivity contribution in [2.75, 3.05) is 13.3 Å². The molecule has 1 nitrogen and oxygen atoms in total. The Morgan fingerprint density at radius 3 is 2.31 bits per heavy atom. The summed E-state index contributed by atoms with van der Waals surface area (Å²) in [7, 11) is 1.12. The van der Waals surface area contributed by atoms with Crippen LogP contribution in [-0.4, -0.2) is 25.2 Å². The Hall–Kier alpha value is -0.710. The summed E-state index contributed by atoms with van der Waals surface area (Å²) in [4.78, 5) is 3.12. The van der Waals surface area contributed by atoms with Gasteiger partial charge in [0.25, 0.3) is 0 Å². The average molecular weight is 209 g/mol. The minimum atomic E-state index is -4.36. The van der Waals surface area contributed by atoms with Crippen molar-refractivity contribution in [3.63, 3.8) is 0 Å². The number of hydrogen-bond acceptors (Lipinski definition) is 2. The van der Waals surface area contributed by atoms with Crippen molar-refractivity contribution in [2.45, 2.75) is 6.18 Å². The van der Waals surface area contributed by atoms with E-state index >= 15 is 0 Å². The highest BCUT2D eigenvalue weighted by molar-refractivity contribution is 8.01. The number of alkyl halides is 3. The van der Waals surface area contributed by atoms with E-state index in [-0.39, 0.29) is 0 Å². The largest absolute Gasteiger partial charge is 0.432 e. The molecule has 0 fully saturated rings. The molecule has 0 aliphatic carbocycles. The Morgan fingerprint density at radius 1 is 1.31 bits per heavy atom. The van der Waals surface area contributed by atoms with Gasteiger partial charge in [-0.2, -0.15) is 13.2 Å². The molecule has 0 amide bonds. The molecule has 0 aromatic rings. The summed E-state index contributed by atoms with van der Waals surface area (Å²) in [5, 5.41) is 1.68. The van der Waals surface area contributed by atoms with Crippen LogP contribution >= 0.6 is 11.8 Å². The summed E-state index contributed by atoms with van der Waals surface area (Å²) in [5.74, 6) is 0. The van der Waals surface area contributed by atoms with E-state index in [9.17, 15) is 13.2 Å². The van der Waals surface area contributed by atoms with Crippen molar-refractivity contribution in [3.05, 3.63) is 23.6 Å². The molecule has 0 saturated heterocycles. The first kappa shape index (κ1) is 12.3. The van der Waals surface area contributed by atoms with Gasteiger partial charge in [0.05, 0.1) is 0 Å². The number of thioether (sulfide) groups is 1. The van der Waals surface area contributed by atoms with Gasteiger partial charge in [0.1, 0.15) is 5.71 Å². The smallest absolute Gasteiger partial charge is 0.284 e. The lowest BCUT2D eigenvalue weighted by Gasteiger charge is -2.03. The zero-order valence-corrected chi connectivity index (χ0v) is 8.12. The van der Waals surface area contributed by atoms with Crippen molar-refractivity contribution in [3.8, 4) is 0 Å². The molecule has 0 bridgehead atoms. The maximum Gasteiger partial charge on any atom is 0.432 e. The first-order chi connectivity index (χ1) is 6.02. The molecule has 0 aromatic carbocycles. The van der Waals surface area contributed by atoms with Crippen molar-refractivity contribution in [1.82, 2.24) is 0 Å². The molecule has 0 aromatic heterocycles. The van der Waals surface area contributed by atoms with Gasteiger partial charge < -0.3 is 0 Å². The van der Waals surface area contributed by atoms with E-state index in [1.54, 1.807) is 5.41 Å². The second-order valence-electron chi connectivity index (χ2n) is 2.03. The summed E-state index contributed by atoms with van der Waals surface area (Å²) in [5.41, 5.74) is -0.877. The first-order valence-corrected chi connectivity index (χ1v) is 4.71. The summed E-state index contributed by atoms with van der Waals surface area (Å²) < 4.78 is 36.1. The number of halogens is 3. The predicted octanol–water partition coefficient (Wildman–Crippen LogP) is 3.05. The van der Waals surface area contributed by atoms with E-state index in [0.29, 0.717) is 0 Å².